The molecule has 4 amide bonds. The molecule has 6 N–H and O–H groups in total. The highest BCUT2D eigenvalue weighted by Gasteiger charge is 2.28. The number of aromatic hydroxyl groups is 1. The first-order chi connectivity index (χ1) is 18.5. The van der Waals surface area contributed by atoms with Crippen LogP contribution in [0.1, 0.15) is 18.1 Å². The minimum atomic E-state index is -1.07. The lowest BCUT2D eigenvalue weighted by Gasteiger charge is -2.28. The summed E-state index contributed by atoms with van der Waals surface area (Å²) in [5, 5.41) is 17.1. The number of amides is 4. The van der Waals surface area contributed by atoms with Gasteiger partial charge in [0, 0.05) is 42.8 Å². The van der Waals surface area contributed by atoms with Crippen molar-refractivity contribution in [2.45, 2.75) is 37.9 Å². The number of nitrogens with one attached hydrogen (secondary N) is 3. The lowest BCUT2D eigenvalue weighted by atomic mass is 10.0. The van der Waals surface area contributed by atoms with Gasteiger partial charge in [-0.1, -0.05) is 42.5 Å². The van der Waals surface area contributed by atoms with Crippen molar-refractivity contribution in [3.8, 4) is 5.75 Å². The SMILES string of the molecule is C[C@@H](NC(=O)[C@@H](N)Cc1ccc(O)cc1)C(=O)NCC(=O)N(C)[C@@H](Cc1ccccc1)C(=O)NCCS(C)=O. The number of nitrogens with zero attached hydrogens (tertiary/aromatic N) is 1. The topological polar surface area (TPSA) is 171 Å². The van der Waals surface area contributed by atoms with E-state index in [9.17, 15) is 28.5 Å². The predicted molar refractivity (Wildman–Crippen MR) is 149 cm³/mol. The van der Waals surface area contributed by atoms with E-state index in [1.54, 1.807) is 18.4 Å². The number of likely N-dealkylation sites (N-methyl/N-ethyl adjacent to an activating group) is 1. The van der Waals surface area contributed by atoms with E-state index in [2.05, 4.69) is 16.0 Å². The average Bonchev–Trinajstić information content (AvgIpc) is 2.91. The fourth-order valence-corrected chi connectivity index (χ4v) is 4.05. The molecule has 4 atom stereocenters. The molecule has 0 radical (unpaired) electrons. The number of hydrogen-bond acceptors (Lipinski definition) is 7. The summed E-state index contributed by atoms with van der Waals surface area (Å²) in [5.41, 5.74) is 7.55. The summed E-state index contributed by atoms with van der Waals surface area (Å²) in [6, 6.07) is 12.8. The molecular formula is C27H37N5O6S. The number of phenols is 1. The molecule has 0 fully saturated rings. The Labute approximate surface area is 231 Å². The van der Waals surface area contributed by atoms with Gasteiger partial charge in [0.05, 0.1) is 12.6 Å². The number of carbonyl (C=O) groups is 4. The zero-order valence-electron chi connectivity index (χ0n) is 22.4. The molecule has 0 saturated heterocycles. The third-order valence-corrected chi connectivity index (χ3v) is 6.80. The second kappa shape index (κ2) is 15.6. The number of hydrogen-bond donors (Lipinski definition) is 5. The highest BCUT2D eigenvalue weighted by molar-refractivity contribution is 7.84. The maximum Gasteiger partial charge on any atom is 0.243 e. The van der Waals surface area contributed by atoms with E-state index in [4.69, 9.17) is 5.73 Å². The van der Waals surface area contributed by atoms with Gasteiger partial charge in [-0.3, -0.25) is 23.4 Å². The largest absolute Gasteiger partial charge is 0.508 e. The number of carbonyl (C=O) groups excluding carboxylic acids is 4. The molecule has 0 aliphatic rings. The zero-order valence-corrected chi connectivity index (χ0v) is 23.2. The van der Waals surface area contributed by atoms with Gasteiger partial charge in [0.15, 0.2) is 0 Å². The van der Waals surface area contributed by atoms with E-state index in [0.29, 0.717) is 5.75 Å². The Kier molecular flexibility index (Phi) is 12.6. The van der Waals surface area contributed by atoms with Crippen LogP contribution in [0.2, 0.25) is 0 Å². The van der Waals surface area contributed by atoms with E-state index in [-0.39, 0.29) is 31.7 Å². The first-order valence-corrected chi connectivity index (χ1v) is 14.2. The van der Waals surface area contributed by atoms with Crippen molar-refractivity contribution in [1.29, 1.82) is 0 Å². The number of nitrogens with two attached hydrogens (primary N) is 1. The van der Waals surface area contributed by atoms with Crippen LogP contribution >= 0.6 is 0 Å². The van der Waals surface area contributed by atoms with Crippen LogP contribution in [0.4, 0.5) is 0 Å². The molecule has 0 spiro atoms. The molecule has 212 valence electrons. The predicted octanol–water partition coefficient (Wildman–Crippen LogP) is -0.553. The monoisotopic (exact) mass is 559 g/mol. The van der Waals surface area contributed by atoms with Crippen molar-refractivity contribution in [3.63, 3.8) is 0 Å². The minimum Gasteiger partial charge on any atom is -0.508 e. The molecule has 2 rings (SSSR count). The quantitative estimate of drug-likeness (QED) is 0.207. The molecule has 1 unspecified atom stereocenters. The summed E-state index contributed by atoms with van der Waals surface area (Å²) in [6.07, 6.45) is 2.00. The molecule has 12 heteroatoms. The summed E-state index contributed by atoms with van der Waals surface area (Å²) in [5.74, 6) is -1.63. The lowest BCUT2D eigenvalue weighted by molar-refractivity contribution is -0.139. The molecule has 0 saturated carbocycles. The summed E-state index contributed by atoms with van der Waals surface area (Å²) >= 11 is 0. The molecule has 39 heavy (non-hydrogen) atoms. The Morgan fingerprint density at radius 3 is 2.15 bits per heavy atom. The molecule has 11 nitrogen and oxygen atoms in total. The Balaban J connectivity index is 1.92. The van der Waals surface area contributed by atoms with Gasteiger partial charge in [-0.15, -0.1) is 0 Å². The number of phenolic OH excluding ortho intramolecular Hbond substituents is 1. The van der Waals surface area contributed by atoms with Crippen LogP contribution in [-0.4, -0.2) is 88.1 Å². The van der Waals surface area contributed by atoms with Crippen molar-refractivity contribution in [3.05, 3.63) is 65.7 Å². The van der Waals surface area contributed by atoms with E-state index < -0.39 is 52.6 Å². The van der Waals surface area contributed by atoms with Gasteiger partial charge in [0.1, 0.15) is 17.8 Å². The van der Waals surface area contributed by atoms with Crippen LogP contribution < -0.4 is 21.7 Å². The number of rotatable bonds is 14. The van der Waals surface area contributed by atoms with Gasteiger partial charge >= 0.3 is 0 Å². The Hall–Kier alpha value is -3.77. The highest BCUT2D eigenvalue weighted by Crippen LogP contribution is 2.11. The van der Waals surface area contributed by atoms with Crippen LogP contribution in [0.25, 0.3) is 0 Å². The van der Waals surface area contributed by atoms with Crippen LogP contribution in [0, 0.1) is 0 Å². The zero-order chi connectivity index (χ0) is 28.9. The van der Waals surface area contributed by atoms with E-state index >= 15 is 0 Å². The Bertz CT molecular complexity index is 1150. The van der Waals surface area contributed by atoms with Crippen molar-refractivity contribution in [1.82, 2.24) is 20.9 Å². The maximum atomic E-state index is 12.9. The van der Waals surface area contributed by atoms with Crippen molar-refractivity contribution in [2.75, 3.05) is 32.1 Å². The molecule has 0 aliphatic carbocycles. The molecule has 2 aromatic rings. The fourth-order valence-electron chi connectivity index (χ4n) is 3.66. The standard InChI is InChI=1S/C27H37N5O6S/c1-18(31-26(36)22(28)15-20-9-11-21(33)12-10-20)25(35)30-17-24(34)32(2)23(16-19-7-5-4-6-8-19)27(37)29-13-14-39(3)38/h4-12,18,22-23,33H,13-17,28H2,1-3H3,(H,29,37)(H,30,35)(H,31,36)/t18-,22+,23+,39?/m1/s1. The normalized spacial score (nSPS) is 13.8. The summed E-state index contributed by atoms with van der Waals surface area (Å²) in [7, 11) is 0.405. The van der Waals surface area contributed by atoms with Crippen molar-refractivity contribution in [2.24, 2.45) is 5.73 Å². The van der Waals surface area contributed by atoms with Crippen molar-refractivity contribution >= 4 is 34.4 Å². The van der Waals surface area contributed by atoms with Gasteiger partial charge in [-0.25, -0.2) is 0 Å². The first kappa shape index (κ1) is 31.4. The van der Waals surface area contributed by atoms with Crippen LogP contribution in [0.5, 0.6) is 5.75 Å². The van der Waals surface area contributed by atoms with Gasteiger partial charge < -0.3 is 31.7 Å². The maximum absolute atomic E-state index is 12.9. The summed E-state index contributed by atoms with van der Waals surface area (Å²) < 4.78 is 11.3. The first-order valence-electron chi connectivity index (χ1n) is 12.5. The summed E-state index contributed by atoms with van der Waals surface area (Å²) in [4.78, 5) is 52.0. The second-order valence-electron chi connectivity index (χ2n) is 9.20. The molecule has 0 aromatic heterocycles. The van der Waals surface area contributed by atoms with Crippen LogP contribution in [0.3, 0.4) is 0 Å². The second-order valence-corrected chi connectivity index (χ2v) is 10.8. The van der Waals surface area contributed by atoms with Crippen molar-refractivity contribution < 1.29 is 28.5 Å². The molecule has 0 aliphatic heterocycles. The molecule has 2 aromatic carbocycles. The number of benzene rings is 2. The van der Waals surface area contributed by atoms with E-state index in [0.717, 1.165) is 11.1 Å². The van der Waals surface area contributed by atoms with E-state index in [1.165, 1.54) is 31.0 Å². The molecule has 0 heterocycles. The Morgan fingerprint density at radius 2 is 1.54 bits per heavy atom. The van der Waals surface area contributed by atoms with Crippen LogP contribution in [0.15, 0.2) is 54.6 Å². The van der Waals surface area contributed by atoms with E-state index in [1.807, 2.05) is 30.3 Å². The highest BCUT2D eigenvalue weighted by atomic mass is 32.2. The Morgan fingerprint density at radius 1 is 0.923 bits per heavy atom. The molecule has 0 bridgehead atoms. The van der Waals surface area contributed by atoms with Gasteiger partial charge in [-0.2, -0.15) is 0 Å². The third-order valence-electron chi connectivity index (χ3n) is 6.02. The molecular weight excluding hydrogens is 522 g/mol. The van der Waals surface area contributed by atoms with Gasteiger partial charge in [-0.05, 0) is 36.6 Å². The smallest absolute Gasteiger partial charge is 0.243 e. The third kappa shape index (κ3) is 10.9. The lowest BCUT2D eigenvalue weighted by Crippen LogP contribution is -2.54. The summed E-state index contributed by atoms with van der Waals surface area (Å²) in [6.45, 7) is 1.29. The van der Waals surface area contributed by atoms with Crippen LogP contribution in [-0.2, 0) is 42.8 Å². The minimum absolute atomic E-state index is 0.100. The van der Waals surface area contributed by atoms with Gasteiger partial charge in [0.2, 0.25) is 23.6 Å². The van der Waals surface area contributed by atoms with Gasteiger partial charge in [0.25, 0.3) is 0 Å². The average molecular weight is 560 g/mol. The fraction of sp³-hybridized carbons (Fsp3) is 0.407.